The number of esters is 1. The van der Waals surface area contributed by atoms with Gasteiger partial charge in [0.2, 0.25) is 5.82 Å². The van der Waals surface area contributed by atoms with Gasteiger partial charge in [-0.1, -0.05) is 61.9 Å². The molecule has 36 heavy (non-hydrogen) atoms. The molecule has 9 nitrogen and oxygen atoms in total. The van der Waals surface area contributed by atoms with Gasteiger partial charge >= 0.3 is 5.97 Å². The highest BCUT2D eigenvalue weighted by Crippen LogP contribution is 2.31. The second-order valence-electron chi connectivity index (χ2n) is 9.17. The zero-order chi connectivity index (χ0) is 25.7. The zero-order valence-electron chi connectivity index (χ0n) is 21.2. The molecule has 2 aromatic heterocycles. The Morgan fingerprint density at radius 1 is 1.08 bits per heavy atom. The van der Waals surface area contributed by atoms with Gasteiger partial charge in [-0.05, 0) is 49.1 Å². The molecule has 0 fully saturated rings. The Hall–Kier alpha value is -3.85. The number of carbonyl (C=O) groups is 1. The maximum atomic E-state index is 13.0. The van der Waals surface area contributed by atoms with Gasteiger partial charge in [-0.15, -0.1) is 10.2 Å². The van der Waals surface area contributed by atoms with Crippen molar-refractivity contribution in [3.05, 3.63) is 71.3 Å². The number of hydrogen-bond acceptors (Lipinski definition) is 7. The first-order chi connectivity index (χ1) is 17.3. The average molecular weight is 489 g/mol. The van der Waals surface area contributed by atoms with Crippen molar-refractivity contribution in [1.82, 2.24) is 30.2 Å². The average Bonchev–Trinajstić information content (AvgIpc) is 3.52. The number of nitrogens with one attached hydrogen (secondary N) is 1. The number of H-pyrrole nitrogens is 1. The van der Waals surface area contributed by atoms with Crippen LogP contribution in [0.5, 0.6) is 0 Å². The van der Waals surface area contributed by atoms with E-state index >= 15 is 0 Å². The summed E-state index contributed by atoms with van der Waals surface area (Å²) < 4.78 is 7.25. The number of unbranched alkanes of at least 4 members (excludes halogenated alkanes) is 1. The number of hydrogen-bond donors (Lipinski definition) is 2. The van der Waals surface area contributed by atoms with E-state index in [2.05, 4.69) is 27.5 Å². The number of imidazole rings is 1. The molecule has 0 aliphatic rings. The summed E-state index contributed by atoms with van der Waals surface area (Å²) in [5.41, 5.74) is 3.26. The number of tetrazole rings is 1. The van der Waals surface area contributed by atoms with E-state index in [1.807, 2.05) is 53.1 Å². The van der Waals surface area contributed by atoms with Crippen molar-refractivity contribution in [3.63, 3.8) is 0 Å². The van der Waals surface area contributed by atoms with E-state index in [9.17, 15) is 9.90 Å². The number of carbonyl (C=O) groups excluding carboxylic acids is 1. The Balaban J connectivity index is 1.71. The number of ether oxygens (including phenoxy) is 1. The molecule has 0 saturated carbocycles. The molecule has 0 radical (unpaired) electrons. The van der Waals surface area contributed by atoms with Crippen molar-refractivity contribution in [2.24, 2.45) is 0 Å². The molecule has 0 bridgehead atoms. The van der Waals surface area contributed by atoms with Crippen LogP contribution in [0.4, 0.5) is 0 Å². The number of benzene rings is 2. The molecule has 0 spiro atoms. The van der Waals surface area contributed by atoms with Crippen LogP contribution in [0.25, 0.3) is 22.5 Å². The van der Waals surface area contributed by atoms with Crippen LogP contribution >= 0.6 is 0 Å². The highest BCUT2D eigenvalue weighted by molar-refractivity contribution is 5.89. The van der Waals surface area contributed by atoms with Crippen LogP contribution < -0.4 is 0 Å². The predicted molar refractivity (Wildman–Crippen MR) is 136 cm³/mol. The molecule has 4 rings (SSSR count). The van der Waals surface area contributed by atoms with Crippen LogP contribution in [0.15, 0.2) is 48.5 Å². The van der Waals surface area contributed by atoms with Gasteiger partial charge in [0.05, 0.1) is 6.61 Å². The molecule has 4 aromatic rings. The molecule has 0 amide bonds. The Morgan fingerprint density at radius 3 is 2.42 bits per heavy atom. The van der Waals surface area contributed by atoms with Gasteiger partial charge < -0.3 is 14.4 Å². The highest BCUT2D eigenvalue weighted by atomic mass is 16.5. The van der Waals surface area contributed by atoms with Crippen molar-refractivity contribution < 1.29 is 14.6 Å². The van der Waals surface area contributed by atoms with Crippen LogP contribution in [0.3, 0.4) is 0 Å². The first-order valence-corrected chi connectivity index (χ1v) is 12.2. The largest absolute Gasteiger partial charge is 0.461 e. The maximum Gasteiger partial charge on any atom is 0.357 e. The standard InChI is InChI=1S/C27H32N6O3/c1-5-7-12-22-28-24(27(3,4)35)23(26(34)36-6-2)33(22)17-18-13-15-19(16-14-18)20-10-8-9-11-21(20)25-29-31-32-30-25/h8-11,13-16,35H,5-7,12,17H2,1-4H3,(H,29,30,31,32). The van der Waals surface area contributed by atoms with Crippen molar-refractivity contribution in [3.8, 4) is 22.5 Å². The minimum absolute atomic E-state index is 0.244. The van der Waals surface area contributed by atoms with Crippen LogP contribution in [0.1, 0.15) is 68.1 Å². The minimum atomic E-state index is -1.28. The summed E-state index contributed by atoms with van der Waals surface area (Å²) in [6.45, 7) is 7.84. The summed E-state index contributed by atoms with van der Waals surface area (Å²) in [6, 6.07) is 16.0. The third-order valence-corrected chi connectivity index (χ3v) is 5.97. The van der Waals surface area contributed by atoms with E-state index < -0.39 is 11.6 Å². The first-order valence-electron chi connectivity index (χ1n) is 12.2. The summed E-state index contributed by atoms with van der Waals surface area (Å²) in [5.74, 6) is 0.825. The molecule has 9 heteroatoms. The van der Waals surface area contributed by atoms with E-state index in [0.717, 1.165) is 40.9 Å². The lowest BCUT2D eigenvalue weighted by molar-refractivity contribution is 0.0469. The molecule has 2 N–H and O–H groups in total. The molecular formula is C27H32N6O3. The monoisotopic (exact) mass is 488 g/mol. The minimum Gasteiger partial charge on any atom is -0.461 e. The molecule has 0 saturated heterocycles. The van der Waals surface area contributed by atoms with E-state index in [1.54, 1.807) is 20.8 Å². The second kappa shape index (κ2) is 10.8. The smallest absolute Gasteiger partial charge is 0.357 e. The number of aliphatic hydroxyl groups is 1. The van der Waals surface area contributed by atoms with Crippen molar-refractivity contribution in [2.75, 3.05) is 6.61 Å². The van der Waals surface area contributed by atoms with Crippen LogP contribution in [-0.2, 0) is 23.3 Å². The summed E-state index contributed by atoms with van der Waals surface area (Å²) in [5, 5.41) is 25.2. The van der Waals surface area contributed by atoms with Crippen LogP contribution in [0, 0.1) is 0 Å². The molecule has 0 aliphatic carbocycles. The lowest BCUT2D eigenvalue weighted by Gasteiger charge is -2.17. The molecule has 0 atom stereocenters. The first kappa shape index (κ1) is 25.2. The SMILES string of the molecule is CCCCc1nc(C(C)(C)O)c(C(=O)OCC)n1Cc1ccc(-c2ccccc2-c2nn[nH]n2)cc1. The number of rotatable bonds is 10. The van der Waals surface area contributed by atoms with Crippen LogP contribution in [0.2, 0.25) is 0 Å². The van der Waals surface area contributed by atoms with Gasteiger partial charge in [0.25, 0.3) is 0 Å². The van der Waals surface area contributed by atoms with E-state index in [1.165, 1.54) is 0 Å². The van der Waals surface area contributed by atoms with Gasteiger partial charge in [-0.25, -0.2) is 9.78 Å². The van der Waals surface area contributed by atoms with E-state index in [4.69, 9.17) is 9.72 Å². The molecular weight excluding hydrogens is 456 g/mol. The fourth-order valence-corrected chi connectivity index (χ4v) is 4.21. The van der Waals surface area contributed by atoms with E-state index in [-0.39, 0.29) is 6.61 Å². The normalized spacial score (nSPS) is 11.6. The molecule has 0 unspecified atom stereocenters. The van der Waals surface area contributed by atoms with Crippen molar-refractivity contribution in [1.29, 1.82) is 0 Å². The second-order valence-corrected chi connectivity index (χ2v) is 9.17. The fraction of sp³-hybridized carbons (Fsp3) is 0.370. The van der Waals surface area contributed by atoms with Gasteiger partial charge in [0.15, 0.2) is 5.69 Å². The van der Waals surface area contributed by atoms with Gasteiger partial charge in [-0.3, -0.25) is 0 Å². The summed E-state index contributed by atoms with van der Waals surface area (Å²) in [6.07, 6.45) is 2.62. The Labute approximate surface area is 210 Å². The molecule has 2 heterocycles. The van der Waals surface area contributed by atoms with Crippen molar-refractivity contribution >= 4 is 5.97 Å². The lowest BCUT2D eigenvalue weighted by atomic mass is 9.98. The summed E-state index contributed by atoms with van der Waals surface area (Å²) in [4.78, 5) is 17.7. The van der Waals surface area contributed by atoms with Gasteiger partial charge in [-0.2, -0.15) is 5.21 Å². The van der Waals surface area contributed by atoms with Crippen LogP contribution in [-0.4, -0.2) is 47.9 Å². The molecule has 0 aliphatic heterocycles. The van der Waals surface area contributed by atoms with Gasteiger partial charge in [0.1, 0.15) is 17.1 Å². The highest BCUT2D eigenvalue weighted by Gasteiger charge is 2.32. The molecule has 188 valence electrons. The third kappa shape index (κ3) is 5.36. The third-order valence-electron chi connectivity index (χ3n) is 5.97. The van der Waals surface area contributed by atoms with Crippen molar-refractivity contribution in [2.45, 2.75) is 59.1 Å². The Morgan fingerprint density at radius 2 is 1.81 bits per heavy atom. The Kier molecular flexibility index (Phi) is 7.59. The van der Waals surface area contributed by atoms with E-state index in [0.29, 0.717) is 30.2 Å². The number of nitrogens with zero attached hydrogens (tertiary/aromatic N) is 5. The fourth-order valence-electron chi connectivity index (χ4n) is 4.21. The number of aryl methyl sites for hydroxylation is 1. The quantitative estimate of drug-likeness (QED) is 0.315. The van der Waals surface area contributed by atoms with Gasteiger partial charge in [0, 0.05) is 18.5 Å². The lowest BCUT2D eigenvalue weighted by Crippen LogP contribution is -2.23. The zero-order valence-corrected chi connectivity index (χ0v) is 21.2. The maximum absolute atomic E-state index is 13.0. The molecule has 2 aromatic carbocycles. The topological polar surface area (TPSA) is 119 Å². The Bertz CT molecular complexity index is 1300. The predicted octanol–water partition coefficient (Wildman–Crippen LogP) is 4.53. The summed E-state index contributed by atoms with van der Waals surface area (Å²) >= 11 is 0. The summed E-state index contributed by atoms with van der Waals surface area (Å²) in [7, 11) is 0. The number of aromatic amines is 1. The number of aromatic nitrogens is 6.